The number of halogens is 1. The Hall–Kier alpha value is -2.34. The molecule has 2 aromatic rings. The minimum absolute atomic E-state index is 0.331. The molecule has 1 aromatic carbocycles. The number of hydrogen-bond donors (Lipinski definition) is 1. The lowest BCUT2D eigenvalue weighted by Gasteiger charge is -1.95. The van der Waals surface area contributed by atoms with Crippen molar-refractivity contribution in [1.82, 2.24) is 4.98 Å². The molecular formula is C13H9FN2. The van der Waals surface area contributed by atoms with Gasteiger partial charge in [-0.15, -0.1) is 0 Å². The van der Waals surface area contributed by atoms with Crippen molar-refractivity contribution < 1.29 is 4.39 Å². The van der Waals surface area contributed by atoms with Gasteiger partial charge in [0.1, 0.15) is 5.82 Å². The normalized spacial score (nSPS) is 9.31. The van der Waals surface area contributed by atoms with Gasteiger partial charge in [-0.05, 0) is 18.2 Å². The van der Waals surface area contributed by atoms with Crippen molar-refractivity contribution in [2.75, 3.05) is 5.73 Å². The summed E-state index contributed by atoms with van der Waals surface area (Å²) in [6, 6.07) is 8.06. The maximum absolute atomic E-state index is 13.2. The van der Waals surface area contributed by atoms with E-state index < -0.39 is 0 Å². The molecular weight excluding hydrogens is 203 g/mol. The molecule has 2 nitrogen and oxygen atoms in total. The number of aromatic nitrogens is 1. The number of benzene rings is 1. The van der Waals surface area contributed by atoms with E-state index in [1.165, 1.54) is 12.3 Å². The lowest BCUT2D eigenvalue weighted by atomic mass is 10.2. The molecule has 78 valence electrons. The van der Waals surface area contributed by atoms with Crippen molar-refractivity contribution >= 4 is 5.69 Å². The van der Waals surface area contributed by atoms with Crippen molar-refractivity contribution in [1.29, 1.82) is 0 Å². The van der Waals surface area contributed by atoms with E-state index in [9.17, 15) is 4.39 Å². The summed E-state index contributed by atoms with van der Waals surface area (Å²) in [4.78, 5) is 3.85. The van der Waals surface area contributed by atoms with Gasteiger partial charge >= 0.3 is 0 Å². The van der Waals surface area contributed by atoms with Crippen LogP contribution in [0.4, 0.5) is 10.1 Å². The maximum Gasteiger partial charge on any atom is 0.138 e. The smallest absolute Gasteiger partial charge is 0.138 e. The number of hydrogen-bond acceptors (Lipinski definition) is 2. The summed E-state index contributed by atoms with van der Waals surface area (Å²) in [5, 5.41) is 0. The molecule has 0 saturated heterocycles. The molecule has 1 heterocycles. The highest BCUT2D eigenvalue weighted by atomic mass is 19.1. The van der Waals surface area contributed by atoms with Crippen LogP contribution in [0.3, 0.4) is 0 Å². The minimum Gasteiger partial charge on any atom is -0.396 e. The monoisotopic (exact) mass is 212 g/mol. The summed E-state index contributed by atoms with van der Waals surface area (Å²) in [6.45, 7) is 0. The quantitative estimate of drug-likeness (QED) is 0.680. The molecule has 0 radical (unpaired) electrons. The number of nitrogens with zero attached hydrogens (tertiary/aromatic N) is 1. The minimum atomic E-state index is -0.331. The van der Waals surface area contributed by atoms with E-state index in [0.717, 1.165) is 0 Å². The maximum atomic E-state index is 13.2. The van der Waals surface area contributed by atoms with Gasteiger partial charge in [-0.3, -0.25) is 4.98 Å². The van der Waals surface area contributed by atoms with Crippen molar-refractivity contribution in [3.63, 3.8) is 0 Å². The van der Waals surface area contributed by atoms with Crippen LogP contribution in [0, 0.1) is 17.7 Å². The van der Waals surface area contributed by atoms with E-state index in [0.29, 0.717) is 16.8 Å². The molecule has 0 fully saturated rings. The number of rotatable bonds is 0. The lowest BCUT2D eigenvalue weighted by Crippen LogP contribution is -1.90. The third kappa shape index (κ3) is 2.18. The van der Waals surface area contributed by atoms with Crippen LogP contribution in [0.1, 0.15) is 11.1 Å². The Morgan fingerprint density at radius 1 is 1.06 bits per heavy atom. The van der Waals surface area contributed by atoms with Gasteiger partial charge in [-0.1, -0.05) is 24.0 Å². The molecule has 0 saturated carbocycles. The third-order valence-electron chi connectivity index (χ3n) is 2.06. The summed E-state index contributed by atoms with van der Waals surface area (Å²) in [6.07, 6.45) is 3.12. The van der Waals surface area contributed by atoms with Gasteiger partial charge in [0.25, 0.3) is 0 Å². The van der Waals surface area contributed by atoms with Crippen LogP contribution in [-0.4, -0.2) is 4.98 Å². The molecule has 0 spiro atoms. The molecule has 0 aliphatic carbocycles. The van der Waals surface area contributed by atoms with Crippen molar-refractivity contribution in [2.45, 2.75) is 0 Å². The molecule has 2 rings (SSSR count). The molecule has 0 atom stereocenters. The number of nitrogen functional groups attached to an aromatic ring is 1. The Morgan fingerprint density at radius 2 is 1.81 bits per heavy atom. The largest absolute Gasteiger partial charge is 0.396 e. The van der Waals surface area contributed by atoms with Crippen LogP contribution in [0.2, 0.25) is 0 Å². The molecule has 0 aliphatic heterocycles. The molecule has 1 aromatic heterocycles. The zero-order valence-corrected chi connectivity index (χ0v) is 8.44. The Kier molecular flexibility index (Phi) is 2.84. The van der Waals surface area contributed by atoms with Gasteiger partial charge in [0.15, 0.2) is 0 Å². The van der Waals surface area contributed by atoms with Crippen LogP contribution in [0.15, 0.2) is 42.7 Å². The van der Waals surface area contributed by atoms with Crippen LogP contribution < -0.4 is 5.73 Å². The Labute approximate surface area is 92.9 Å². The highest BCUT2D eigenvalue weighted by Gasteiger charge is 1.96. The summed E-state index contributed by atoms with van der Waals surface area (Å²) >= 11 is 0. The molecule has 16 heavy (non-hydrogen) atoms. The van der Waals surface area contributed by atoms with E-state index in [-0.39, 0.29) is 5.82 Å². The molecule has 0 unspecified atom stereocenters. The molecule has 2 N–H and O–H groups in total. The van der Waals surface area contributed by atoms with Gasteiger partial charge in [0.2, 0.25) is 0 Å². The topological polar surface area (TPSA) is 38.9 Å². The fourth-order valence-corrected chi connectivity index (χ4v) is 1.22. The molecule has 0 amide bonds. The van der Waals surface area contributed by atoms with E-state index in [2.05, 4.69) is 16.8 Å². The number of anilines is 1. The van der Waals surface area contributed by atoms with Crippen LogP contribution in [0.25, 0.3) is 0 Å². The van der Waals surface area contributed by atoms with Gasteiger partial charge in [0.05, 0.1) is 23.0 Å². The standard InChI is InChI=1S/C13H9FN2/c14-12-4-2-1-3-10(12)5-6-11-7-8-16-9-13(11)15/h1-4,7-9H,15H2. The number of nitrogens with two attached hydrogens (primary N) is 1. The van der Waals surface area contributed by atoms with Gasteiger partial charge in [-0.25, -0.2) is 4.39 Å². The van der Waals surface area contributed by atoms with E-state index in [1.807, 2.05) is 0 Å². The zero-order valence-electron chi connectivity index (χ0n) is 8.44. The van der Waals surface area contributed by atoms with Crippen molar-refractivity contribution in [3.8, 4) is 11.8 Å². The predicted octanol–water partition coefficient (Wildman–Crippen LogP) is 2.20. The van der Waals surface area contributed by atoms with E-state index in [1.54, 1.807) is 30.5 Å². The van der Waals surface area contributed by atoms with E-state index in [4.69, 9.17) is 5.73 Å². The summed E-state index contributed by atoms with van der Waals surface area (Å²) in [5.41, 5.74) is 7.17. The molecule has 3 heteroatoms. The first-order chi connectivity index (χ1) is 7.77. The van der Waals surface area contributed by atoms with Gasteiger partial charge in [-0.2, -0.15) is 0 Å². The van der Waals surface area contributed by atoms with Crippen LogP contribution in [0.5, 0.6) is 0 Å². The first-order valence-corrected chi connectivity index (χ1v) is 4.73. The van der Waals surface area contributed by atoms with Gasteiger partial charge < -0.3 is 5.73 Å². The predicted molar refractivity (Wildman–Crippen MR) is 61.0 cm³/mol. The fraction of sp³-hybridized carbons (Fsp3) is 0. The second kappa shape index (κ2) is 4.45. The zero-order chi connectivity index (χ0) is 11.4. The second-order valence-electron chi connectivity index (χ2n) is 3.19. The van der Waals surface area contributed by atoms with Crippen molar-refractivity contribution in [3.05, 3.63) is 59.7 Å². The number of pyridine rings is 1. The van der Waals surface area contributed by atoms with Crippen LogP contribution >= 0.6 is 0 Å². The summed E-state index contributed by atoms with van der Waals surface area (Å²) in [5.74, 6) is 5.22. The highest BCUT2D eigenvalue weighted by Crippen LogP contribution is 2.08. The Morgan fingerprint density at radius 3 is 2.56 bits per heavy atom. The Balaban J connectivity index is 2.36. The SMILES string of the molecule is Nc1cnccc1C#Cc1ccccc1F. The first kappa shape index (κ1) is 10.2. The molecule has 0 bridgehead atoms. The average molecular weight is 212 g/mol. The first-order valence-electron chi connectivity index (χ1n) is 4.73. The lowest BCUT2D eigenvalue weighted by molar-refractivity contribution is 0.624. The average Bonchev–Trinajstić information content (AvgIpc) is 2.30. The van der Waals surface area contributed by atoms with Gasteiger partial charge in [0, 0.05) is 6.20 Å². The third-order valence-corrected chi connectivity index (χ3v) is 2.06. The highest BCUT2D eigenvalue weighted by molar-refractivity contribution is 5.55. The van der Waals surface area contributed by atoms with Crippen LogP contribution in [-0.2, 0) is 0 Å². The van der Waals surface area contributed by atoms with E-state index >= 15 is 0 Å². The Bertz CT molecular complexity index is 518. The summed E-state index contributed by atoms with van der Waals surface area (Å²) in [7, 11) is 0. The fourth-order valence-electron chi connectivity index (χ4n) is 1.22. The summed E-state index contributed by atoms with van der Waals surface area (Å²) < 4.78 is 13.2. The second-order valence-corrected chi connectivity index (χ2v) is 3.19. The van der Waals surface area contributed by atoms with Crippen molar-refractivity contribution in [2.24, 2.45) is 0 Å². The molecule has 0 aliphatic rings.